The van der Waals surface area contributed by atoms with Crippen LogP contribution in [0.4, 0.5) is 5.69 Å². The van der Waals surface area contributed by atoms with Gasteiger partial charge in [0.15, 0.2) is 5.96 Å². The van der Waals surface area contributed by atoms with Crippen molar-refractivity contribution in [3.05, 3.63) is 59.7 Å². The molecule has 0 aliphatic carbocycles. The summed E-state index contributed by atoms with van der Waals surface area (Å²) in [5.74, 6) is 1.24. The predicted octanol–water partition coefficient (Wildman–Crippen LogP) is 3.48. The lowest BCUT2D eigenvalue weighted by Gasteiger charge is -2.37. The molecule has 3 N–H and O–H groups in total. The molecule has 0 radical (unpaired) electrons. The fourth-order valence-corrected chi connectivity index (χ4v) is 3.54. The first-order valence-corrected chi connectivity index (χ1v) is 8.98. The number of hydrogen-bond acceptors (Lipinski definition) is 3. The summed E-state index contributed by atoms with van der Waals surface area (Å²) in [5.41, 5.74) is 9.67. The zero-order valence-corrected chi connectivity index (χ0v) is 15.5. The monoisotopic (exact) mass is 353 g/mol. The van der Waals surface area contributed by atoms with Gasteiger partial charge in [-0.15, -0.1) is 0 Å². The maximum Gasteiger partial charge on any atom is 0.193 e. The fourth-order valence-electron chi connectivity index (χ4n) is 3.54. The van der Waals surface area contributed by atoms with Gasteiger partial charge in [-0.25, -0.2) is 0 Å². The van der Waals surface area contributed by atoms with Crippen LogP contribution in [0.15, 0.2) is 53.5 Å². The fraction of sp³-hybridized carbons (Fsp3) is 0.381. The van der Waals surface area contributed by atoms with Gasteiger partial charge in [-0.3, -0.25) is 4.99 Å². The lowest BCUT2D eigenvalue weighted by Crippen LogP contribution is -2.38. The highest BCUT2D eigenvalue weighted by Gasteiger charge is 2.35. The number of rotatable bonds is 5. The van der Waals surface area contributed by atoms with Crippen molar-refractivity contribution in [1.29, 1.82) is 0 Å². The molecule has 0 unspecified atom stereocenters. The van der Waals surface area contributed by atoms with Crippen molar-refractivity contribution in [3.63, 3.8) is 0 Å². The van der Waals surface area contributed by atoms with E-state index in [1.165, 1.54) is 11.1 Å². The number of aliphatic imine (C=N–C) groups is 1. The molecule has 5 heteroatoms. The van der Waals surface area contributed by atoms with Gasteiger partial charge in [0.25, 0.3) is 0 Å². The first-order valence-electron chi connectivity index (χ1n) is 8.98. The zero-order chi connectivity index (χ0) is 18.4. The Labute approximate surface area is 155 Å². The van der Waals surface area contributed by atoms with E-state index in [0.717, 1.165) is 37.5 Å². The molecule has 2 aromatic rings. The van der Waals surface area contributed by atoms with Crippen LogP contribution in [-0.2, 0) is 10.2 Å². The van der Waals surface area contributed by atoms with E-state index in [1.807, 2.05) is 24.3 Å². The topological polar surface area (TPSA) is 68.9 Å². The minimum atomic E-state index is -0.0181. The average Bonchev–Trinajstić information content (AvgIpc) is 2.68. The number of nitrogens with two attached hydrogens (primary N) is 1. The van der Waals surface area contributed by atoms with Gasteiger partial charge in [0.1, 0.15) is 5.75 Å². The first kappa shape index (κ1) is 18.3. The summed E-state index contributed by atoms with van der Waals surface area (Å²) in [6.07, 6.45) is 1.91. The van der Waals surface area contributed by atoms with E-state index in [9.17, 15) is 0 Å². The van der Waals surface area contributed by atoms with Crippen LogP contribution in [0, 0.1) is 6.92 Å². The van der Waals surface area contributed by atoms with Crippen LogP contribution in [0.25, 0.3) is 0 Å². The van der Waals surface area contributed by atoms with Crippen molar-refractivity contribution in [2.45, 2.75) is 25.2 Å². The summed E-state index contributed by atoms with van der Waals surface area (Å²) >= 11 is 0. The Morgan fingerprint density at radius 1 is 1.15 bits per heavy atom. The minimum Gasteiger partial charge on any atom is -0.497 e. The normalized spacial score (nSPS) is 16.9. The van der Waals surface area contributed by atoms with Crippen molar-refractivity contribution in [3.8, 4) is 5.75 Å². The van der Waals surface area contributed by atoms with Gasteiger partial charge in [-0.1, -0.05) is 24.3 Å². The number of methoxy groups -OCH3 is 1. The average molecular weight is 353 g/mol. The van der Waals surface area contributed by atoms with Crippen LogP contribution in [-0.4, -0.2) is 32.8 Å². The highest BCUT2D eigenvalue weighted by Crippen LogP contribution is 2.37. The molecule has 0 atom stereocenters. The Hall–Kier alpha value is -2.53. The van der Waals surface area contributed by atoms with Crippen molar-refractivity contribution in [2.24, 2.45) is 10.7 Å². The molecule has 0 aromatic heterocycles. The summed E-state index contributed by atoms with van der Waals surface area (Å²) in [6.45, 7) is 4.33. The molecule has 1 saturated heterocycles. The summed E-state index contributed by atoms with van der Waals surface area (Å²) in [7, 11) is 1.65. The first-order chi connectivity index (χ1) is 12.6. The van der Waals surface area contributed by atoms with Gasteiger partial charge < -0.3 is 20.5 Å². The smallest absolute Gasteiger partial charge is 0.193 e. The summed E-state index contributed by atoms with van der Waals surface area (Å²) in [4.78, 5) is 4.67. The predicted molar refractivity (Wildman–Crippen MR) is 106 cm³/mol. The second kappa shape index (κ2) is 8.23. The number of nitrogens with zero attached hydrogens (tertiary/aromatic N) is 1. The molecule has 5 nitrogen and oxygen atoms in total. The van der Waals surface area contributed by atoms with Gasteiger partial charge in [-0.2, -0.15) is 0 Å². The molecule has 3 rings (SSSR count). The zero-order valence-electron chi connectivity index (χ0n) is 15.5. The van der Waals surface area contributed by atoms with Crippen molar-refractivity contribution >= 4 is 11.6 Å². The van der Waals surface area contributed by atoms with Crippen LogP contribution in [0.1, 0.15) is 24.0 Å². The highest BCUT2D eigenvalue weighted by molar-refractivity contribution is 5.92. The Kier molecular flexibility index (Phi) is 5.78. The van der Waals surface area contributed by atoms with E-state index in [2.05, 4.69) is 41.5 Å². The highest BCUT2D eigenvalue weighted by atomic mass is 16.5. The number of benzene rings is 2. The molecular formula is C21H27N3O2. The maximum atomic E-state index is 6.14. The molecular weight excluding hydrogens is 326 g/mol. The minimum absolute atomic E-state index is 0.0181. The van der Waals surface area contributed by atoms with Gasteiger partial charge in [0, 0.05) is 24.3 Å². The number of anilines is 1. The van der Waals surface area contributed by atoms with E-state index in [1.54, 1.807) is 7.11 Å². The van der Waals surface area contributed by atoms with E-state index >= 15 is 0 Å². The van der Waals surface area contributed by atoms with Gasteiger partial charge in [0.2, 0.25) is 0 Å². The molecule has 0 saturated carbocycles. The number of nitrogens with one attached hydrogen (secondary N) is 1. The van der Waals surface area contributed by atoms with Crippen LogP contribution in [0.5, 0.6) is 5.75 Å². The molecule has 0 spiro atoms. The summed E-state index contributed by atoms with van der Waals surface area (Å²) < 4.78 is 10.8. The number of hydrogen-bond donors (Lipinski definition) is 2. The maximum absolute atomic E-state index is 6.14. The Morgan fingerprint density at radius 3 is 2.50 bits per heavy atom. The summed E-state index contributed by atoms with van der Waals surface area (Å²) in [6, 6.07) is 16.2. The number of ether oxygens (including phenoxy) is 2. The Morgan fingerprint density at radius 2 is 1.85 bits per heavy atom. The number of guanidine groups is 1. The third-order valence-corrected chi connectivity index (χ3v) is 5.08. The van der Waals surface area contributed by atoms with Crippen LogP contribution < -0.4 is 15.8 Å². The molecule has 1 fully saturated rings. The second-order valence-corrected chi connectivity index (χ2v) is 6.76. The number of aryl methyl sites for hydroxylation is 1. The van der Waals surface area contributed by atoms with Crippen molar-refractivity contribution in [2.75, 3.05) is 32.2 Å². The molecule has 1 aliphatic rings. The molecule has 1 aliphatic heterocycles. The molecule has 2 aromatic carbocycles. The lowest BCUT2D eigenvalue weighted by atomic mass is 9.72. The largest absolute Gasteiger partial charge is 0.497 e. The standard InChI is InChI=1S/C21H27N3O2/c1-16-5-3-4-6-19(16)21(11-13-26-14-12-21)15-23-20(22)24-17-7-9-18(25-2)10-8-17/h3-10H,11-15H2,1-2H3,(H3,22,23,24). The van der Waals surface area contributed by atoms with E-state index in [-0.39, 0.29) is 5.41 Å². The third kappa shape index (κ3) is 4.17. The Balaban J connectivity index is 1.76. The van der Waals surface area contributed by atoms with Gasteiger partial charge in [-0.05, 0) is 55.2 Å². The SMILES string of the molecule is COc1ccc(NC(N)=NCC2(c3ccccc3C)CCOCC2)cc1. The molecule has 0 bridgehead atoms. The molecule has 1 heterocycles. The lowest BCUT2D eigenvalue weighted by molar-refractivity contribution is 0.0529. The van der Waals surface area contributed by atoms with E-state index in [0.29, 0.717) is 12.5 Å². The molecule has 138 valence electrons. The molecule has 0 amide bonds. The third-order valence-electron chi connectivity index (χ3n) is 5.08. The van der Waals surface area contributed by atoms with Crippen LogP contribution >= 0.6 is 0 Å². The van der Waals surface area contributed by atoms with Gasteiger partial charge >= 0.3 is 0 Å². The Bertz CT molecular complexity index is 750. The molecule has 26 heavy (non-hydrogen) atoms. The summed E-state index contributed by atoms with van der Waals surface area (Å²) in [5, 5.41) is 3.16. The second-order valence-electron chi connectivity index (χ2n) is 6.76. The quantitative estimate of drug-likeness (QED) is 0.638. The van der Waals surface area contributed by atoms with Crippen LogP contribution in [0.2, 0.25) is 0 Å². The van der Waals surface area contributed by atoms with Gasteiger partial charge in [0.05, 0.1) is 13.7 Å². The van der Waals surface area contributed by atoms with Crippen molar-refractivity contribution in [1.82, 2.24) is 0 Å². The van der Waals surface area contributed by atoms with E-state index < -0.39 is 0 Å². The van der Waals surface area contributed by atoms with Crippen molar-refractivity contribution < 1.29 is 9.47 Å². The van der Waals surface area contributed by atoms with Crippen LogP contribution in [0.3, 0.4) is 0 Å². The van der Waals surface area contributed by atoms with E-state index in [4.69, 9.17) is 15.2 Å².